The molecule has 0 spiro atoms. The average Bonchev–Trinajstić information content (AvgIpc) is 3.32. The molecule has 150 valence electrons. The van der Waals surface area contributed by atoms with Crippen LogP contribution in [0.4, 0.5) is 0 Å². The predicted octanol–water partition coefficient (Wildman–Crippen LogP) is 3.05. The Hall–Kier alpha value is -4.07. The molecule has 0 unspecified atom stereocenters. The number of nitrogens with one attached hydrogen (secondary N) is 1. The van der Waals surface area contributed by atoms with Gasteiger partial charge in [0.15, 0.2) is 5.82 Å². The molecule has 30 heavy (non-hydrogen) atoms. The lowest BCUT2D eigenvalue weighted by Gasteiger charge is -2.05. The molecular weight excluding hydrogens is 378 g/mol. The molecule has 1 N–H and O–H groups in total. The van der Waals surface area contributed by atoms with Gasteiger partial charge in [0.25, 0.3) is 0 Å². The van der Waals surface area contributed by atoms with Gasteiger partial charge in [-0.25, -0.2) is 15.1 Å². The summed E-state index contributed by atoms with van der Waals surface area (Å²) >= 11 is 0. The zero-order valence-electron chi connectivity index (χ0n) is 16.9. The molecular formula is C22H21N7O. The number of aromatic nitrogens is 5. The van der Waals surface area contributed by atoms with E-state index in [4.69, 9.17) is 0 Å². The minimum absolute atomic E-state index is 0.0366. The van der Waals surface area contributed by atoms with E-state index in [2.05, 4.69) is 25.7 Å². The van der Waals surface area contributed by atoms with Crippen LogP contribution < -0.4 is 5.43 Å². The summed E-state index contributed by atoms with van der Waals surface area (Å²) in [6, 6.07) is 19.2. The SMILES string of the molecule is Cc1nn(C)c(C)c1/C=N/NC(=O)c1nc(-c2ccccc2)n(-c2ccccc2)n1. The molecule has 0 aliphatic carbocycles. The molecule has 1 amide bonds. The fourth-order valence-electron chi connectivity index (χ4n) is 3.11. The minimum Gasteiger partial charge on any atom is -0.272 e. The second kappa shape index (κ2) is 8.12. The largest absolute Gasteiger partial charge is 0.311 e. The molecule has 0 saturated heterocycles. The van der Waals surface area contributed by atoms with Gasteiger partial charge in [0.05, 0.1) is 17.6 Å². The van der Waals surface area contributed by atoms with E-state index in [9.17, 15) is 4.79 Å². The van der Waals surface area contributed by atoms with Crippen LogP contribution in [0.15, 0.2) is 65.8 Å². The third-order valence-electron chi connectivity index (χ3n) is 4.77. The quantitative estimate of drug-likeness (QED) is 0.413. The monoisotopic (exact) mass is 399 g/mol. The fourth-order valence-corrected chi connectivity index (χ4v) is 3.11. The Morgan fingerprint density at radius 3 is 2.30 bits per heavy atom. The maximum Gasteiger partial charge on any atom is 0.311 e. The summed E-state index contributed by atoms with van der Waals surface area (Å²) in [4.78, 5) is 17.1. The van der Waals surface area contributed by atoms with E-state index >= 15 is 0 Å². The molecule has 8 nitrogen and oxygen atoms in total. The van der Waals surface area contributed by atoms with Crippen LogP contribution in [-0.4, -0.2) is 36.7 Å². The van der Waals surface area contributed by atoms with Crippen molar-refractivity contribution in [3.63, 3.8) is 0 Å². The summed E-state index contributed by atoms with van der Waals surface area (Å²) in [5.74, 6) is 0.127. The van der Waals surface area contributed by atoms with Gasteiger partial charge in [0.2, 0.25) is 5.82 Å². The van der Waals surface area contributed by atoms with Crippen LogP contribution in [0, 0.1) is 13.8 Å². The second-order valence-corrected chi connectivity index (χ2v) is 6.78. The van der Waals surface area contributed by atoms with Crippen LogP contribution in [0.3, 0.4) is 0 Å². The Kier molecular flexibility index (Phi) is 5.21. The van der Waals surface area contributed by atoms with Crippen molar-refractivity contribution in [3.05, 3.63) is 83.4 Å². The standard InChI is InChI=1S/C22H21N7O/c1-15-19(16(2)28(3)26-15)14-23-25-22(30)20-24-21(17-10-6-4-7-11-17)29(27-20)18-12-8-5-9-13-18/h4-14H,1-3H3,(H,25,30)/b23-14+. The maximum atomic E-state index is 12.7. The lowest BCUT2D eigenvalue weighted by Crippen LogP contribution is -2.19. The summed E-state index contributed by atoms with van der Waals surface area (Å²) in [6.07, 6.45) is 1.59. The zero-order valence-corrected chi connectivity index (χ0v) is 16.9. The number of carbonyl (C=O) groups excluding carboxylic acids is 1. The van der Waals surface area contributed by atoms with E-state index in [-0.39, 0.29) is 5.82 Å². The number of hydrogen-bond acceptors (Lipinski definition) is 5. The summed E-state index contributed by atoms with van der Waals surface area (Å²) in [7, 11) is 1.86. The Morgan fingerprint density at radius 1 is 1.00 bits per heavy atom. The summed E-state index contributed by atoms with van der Waals surface area (Å²) < 4.78 is 3.43. The van der Waals surface area contributed by atoms with E-state index in [0.717, 1.165) is 28.2 Å². The smallest absolute Gasteiger partial charge is 0.272 e. The van der Waals surface area contributed by atoms with Gasteiger partial charge < -0.3 is 0 Å². The molecule has 0 saturated carbocycles. The first-order valence-corrected chi connectivity index (χ1v) is 9.46. The maximum absolute atomic E-state index is 12.7. The number of hydrazone groups is 1. The fraction of sp³-hybridized carbons (Fsp3) is 0.136. The van der Waals surface area contributed by atoms with Gasteiger partial charge in [0, 0.05) is 23.9 Å². The highest BCUT2D eigenvalue weighted by atomic mass is 16.2. The van der Waals surface area contributed by atoms with Gasteiger partial charge in [-0.05, 0) is 26.0 Å². The van der Waals surface area contributed by atoms with Crippen molar-refractivity contribution in [2.24, 2.45) is 12.1 Å². The van der Waals surface area contributed by atoms with Crippen LogP contribution in [0.5, 0.6) is 0 Å². The van der Waals surface area contributed by atoms with Gasteiger partial charge in [-0.3, -0.25) is 9.48 Å². The molecule has 0 aliphatic heterocycles. The zero-order chi connectivity index (χ0) is 21.1. The van der Waals surface area contributed by atoms with E-state index in [1.807, 2.05) is 81.6 Å². The molecule has 0 radical (unpaired) electrons. The molecule has 2 heterocycles. The molecule has 0 fully saturated rings. The summed E-state index contributed by atoms with van der Waals surface area (Å²) in [6.45, 7) is 3.84. The van der Waals surface area contributed by atoms with E-state index in [1.54, 1.807) is 15.6 Å². The van der Waals surface area contributed by atoms with Crippen molar-refractivity contribution in [1.29, 1.82) is 0 Å². The van der Waals surface area contributed by atoms with Crippen molar-refractivity contribution in [3.8, 4) is 17.1 Å². The molecule has 2 aromatic heterocycles. The average molecular weight is 399 g/mol. The number of amides is 1. The Labute approximate surface area is 173 Å². The third kappa shape index (κ3) is 3.75. The first-order chi connectivity index (χ1) is 14.5. The van der Waals surface area contributed by atoms with Crippen molar-refractivity contribution in [2.45, 2.75) is 13.8 Å². The number of para-hydroxylation sites is 1. The van der Waals surface area contributed by atoms with Gasteiger partial charge in [-0.15, -0.1) is 5.10 Å². The highest BCUT2D eigenvalue weighted by Crippen LogP contribution is 2.21. The Balaban J connectivity index is 1.63. The van der Waals surface area contributed by atoms with Crippen molar-refractivity contribution >= 4 is 12.1 Å². The third-order valence-corrected chi connectivity index (χ3v) is 4.77. The molecule has 8 heteroatoms. The van der Waals surface area contributed by atoms with Gasteiger partial charge in [-0.1, -0.05) is 48.5 Å². The number of rotatable bonds is 5. The number of carbonyl (C=O) groups is 1. The van der Waals surface area contributed by atoms with Gasteiger partial charge in [0.1, 0.15) is 0 Å². The molecule has 0 aliphatic rings. The second-order valence-electron chi connectivity index (χ2n) is 6.78. The Bertz CT molecular complexity index is 1150. The van der Waals surface area contributed by atoms with Crippen molar-refractivity contribution < 1.29 is 4.79 Å². The summed E-state index contributed by atoms with van der Waals surface area (Å²) in [5.41, 5.74) is 6.85. The van der Waals surface area contributed by atoms with Crippen LogP contribution in [-0.2, 0) is 7.05 Å². The van der Waals surface area contributed by atoms with Crippen LogP contribution in [0.25, 0.3) is 17.1 Å². The minimum atomic E-state index is -0.489. The first-order valence-electron chi connectivity index (χ1n) is 9.46. The molecule has 4 aromatic rings. The van der Waals surface area contributed by atoms with E-state index in [1.165, 1.54) is 0 Å². The van der Waals surface area contributed by atoms with Gasteiger partial charge in [-0.2, -0.15) is 10.2 Å². The van der Waals surface area contributed by atoms with Crippen molar-refractivity contribution in [2.75, 3.05) is 0 Å². The highest BCUT2D eigenvalue weighted by Gasteiger charge is 2.18. The van der Waals surface area contributed by atoms with E-state index in [0.29, 0.717) is 5.82 Å². The normalized spacial score (nSPS) is 11.2. The van der Waals surface area contributed by atoms with Crippen LogP contribution in [0.2, 0.25) is 0 Å². The molecule has 2 aromatic carbocycles. The van der Waals surface area contributed by atoms with Crippen LogP contribution in [0.1, 0.15) is 27.6 Å². The first kappa shape index (κ1) is 19.3. The van der Waals surface area contributed by atoms with Crippen molar-refractivity contribution in [1.82, 2.24) is 30.0 Å². The topological polar surface area (TPSA) is 90.0 Å². The van der Waals surface area contributed by atoms with Crippen LogP contribution >= 0.6 is 0 Å². The molecule has 0 bridgehead atoms. The molecule has 0 atom stereocenters. The lowest BCUT2D eigenvalue weighted by molar-refractivity contribution is 0.0945. The lowest BCUT2D eigenvalue weighted by atomic mass is 10.2. The van der Waals surface area contributed by atoms with Gasteiger partial charge >= 0.3 is 5.91 Å². The summed E-state index contributed by atoms with van der Waals surface area (Å²) in [5, 5.41) is 12.8. The predicted molar refractivity (Wildman–Crippen MR) is 115 cm³/mol. The number of hydrogen-bond donors (Lipinski definition) is 1. The number of nitrogens with zero attached hydrogens (tertiary/aromatic N) is 6. The Morgan fingerprint density at radius 2 is 1.67 bits per heavy atom. The van der Waals surface area contributed by atoms with E-state index < -0.39 is 5.91 Å². The number of aryl methyl sites for hydroxylation is 2. The number of benzene rings is 2. The highest BCUT2D eigenvalue weighted by molar-refractivity contribution is 5.92. The molecule has 4 rings (SSSR count).